The zero-order valence-electron chi connectivity index (χ0n) is 25.9. The molecule has 0 aliphatic carbocycles. The molecule has 2 atom stereocenters. The van der Waals surface area contributed by atoms with Crippen molar-refractivity contribution in [2.24, 2.45) is 11.8 Å². The summed E-state index contributed by atoms with van der Waals surface area (Å²) < 4.78 is 12.0. The number of aryl methyl sites for hydroxylation is 1. The standard InChI is InChI=1S/C39H46OS2/c1-5-9-11-26(7-3)13-14-28-15-19-32-29(23-28)16-21-34-36(32)38-39(41-34)37-33-20-18-31(24-30(33)17-22-35(37)42-38)40-25-27(8-4)12-10-6-2/h15-24,26-27H,5-14,25H2,1-4H3. The molecule has 1 nitrogen and oxygen atoms in total. The van der Waals surface area contributed by atoms with Crippen LogP contribution in [0.25, 0.3) is 51.1 Å². The van der Waals surface area contributed by atoms with Crippen molar-refractivity contribution in [2.45, 2.75) is 91.9 Å². The quantitative estimate of drug-likeness (QED) is 0.122. The van der Waals surface area contributed by atoms with Crippen LogP contribution in [0.1, 0.15) is 91.0 Å². The summed E-state index contributed by atoms with van der Waals surface area (Å²) in [4.78, 5) is 0. The third kappa shape index (κ3) is 5.92. The van der Waals surface area contributed by atoms with Crippen LogP contribution in [-0.4, -0.2) is 6.61 Å². The van der Waals surface area contributed by atoms with E-state index in [4.69, 9.17) is 4.74 Å². The van der Waals surface area contributed by atoms with Gasteiger partial charge in [-0.3, -0.25) is 0 Å². The van der Waals surface area contributed by atoms with E-state index in [0.717, 1.165) is 18.3 Å². The summed E-state index contributed by atoms with van der Waals surface area (Å²) in [5, 5.41) is 8.27. The van der Waals surface area contributed by atoms with E-state index >= 15 is 0 Å². The van der Waals surface area contributed by atoms with E-state index in [0.29, 0.717) is 5.92 Å². The van der Waals surface area contributed by atoms with Gasteiger partial charge in [-0.05, 0) is 88.5 Å². The maximum atomic E-state index is 6.31. The van der Waals surface area contributed by atoms with E-state index in [1.165, 1.54) is 121 Å². The highest BCUT2D eigenvalue weighted by molar-refractivity contribution is 7.37. The number of rotatable bonds is 14. The molecule has 0 amide bonds. The number of fused-ring (bicyclic) bond motifs is 9. The van der Waals surface area contributed by atoms with Crippen molar-refractivity contribution in [3.05, 3.63) is 66.2 Å². The average molecular weight is 595 g/mol. The number of ether oxygens (including phenoxy) is 1. The smallest absolute Gasteiger partial charge is 0.119 e. The van der Waals surface area contributed by atoms with Crippen molar-refractivity contribution in [1.29, 1.82) is 0 Å². The monoisotopic (exact) mass is 594 g/mol. The van der Waals surface area contributed by atoms with Crippen LogP contribution in [0.4, 0.5) is 0 Å². The lowest BCUT2D eigenvalue weighted by Gasteiger charge is -2.16. The highest BCUT2D eigenvalue weighted by Crippen LogP contribution is 2.48. The van der Waals surface area contributed by atoms with E-state index < -0.39 is 0 Å². The van der Waals surface area contributed by atoms with Crippen LogP contribution in [0.15, 0.2) is 60.7 Å². The molecule has 0 aliphatic rings. The number of hydrogen-bond acceptors (Lipinski definition) is 3. The molecule has 2 unspecified atom stereocenters. The fourth-order valence-corrected chi connectivity index (χ4v) is 9.45. The molecule has 0 fully saturated rings. The third-order valence-electron chi connectivity index (χ3n) is 9.50. The number of benzene rings is 4. The maximum absolute atomic E-state index is 6.31. The summed E-state index contributed by atoms with van der Waals surface area (Å²) in [5.74, 6) is 2.50. The van der Waals surface area contributed by atoms with Gasteiger partial charge in [0.1, 0.15) is 5.75 Å². The Morgan fingerprint density at radius 1 is 0.619 bits per heavy atom. The van der Waals surface area contributed by atoms with E-state index in [9.17, 15) is 0 Å². The van der Waals surface area contributed by atoms with Gasteiger partial charge in [-0.15, -0.1) is 22.7 Å². The van der Waals surface area contributed by atoms with E-state index in [1.807, 2.05) is 22.7 Å². The summed E-state index contributed by atoms with van der Waals surface area (Å²) in [6.45, 7) is 10.0. The molecule has 0 radical (unpaired) electrons. The molecule has 0 aliphatic heterocycles. The van der Waals surface area contributed by atoms with Gasteiger partial charge in [0, 0.05) is 20.2 Å². The van der Waals surface area contributed by atoms with Crippen molar-refractivity contribution in [2.75, 3.05) is 6.61 Å². The summed E-state index contributed by atoms with van der Waals surface area (Å²) in [6, 6.07) is 23.3. The van der Waals surface area contributed by atoms with Gasteiger partial charge < -0.3 is 4.74 Å². The number of unbranched alkanes of at least 4 members (excludes halogenated alkanes) is 2. The Bertz CT molecular complexity index is 1670. The van der Waals surface area contributed by atoms with Crippen LogP contribution in [0, 0.1) is 11.8 Å². The molecule has 220 valence electrons. The van der Waals surface area contributed by atoms with E-state index in [2.05, 4.69) is 88.4 Å². The minimum absolute atomic E-state index is 0.642. The molecule has 0 bridgehead atoms. The Morgan fingerprint density at radius 2 is 1.21 bits per heavy atom. The Hall–Kier alpha value is -2.62. The molecule has 42 heavy (non-hydrogen) atoms. The van der Waals surface area contributed by atoms with Crippen LogP contribution in [-0.2, 0) is 6.42 Å². The lowest BCUT2D eigenvalue weighted by Crippen LogP contribution is -2.11. The summed E-state index contributed by atoms with van der Waals surface area (Å²) >= 11 is 3.93. The van der Waals surface area contributed by atoms with Crippen molar-refractivity contribution in [3.8, 4) is 5.75 Å². The molecule has 6 rings (SSSR count). The van der Waals surface area contributed by atoms with Gasteiger partial charge in [0.15, 0.2) is 0 Å². The molecular weight excluding hydrogens is 549 g/mol. The first-order valence-corrected chi connectivity index (χ1v) is 18.1. The lowest BCUT2D eigenvalue weighted by molar-refractivity contribution is 0.233. The minimum atomic E-state index is 0.642. The molecule has 6 aromatic rings. The van der Waals surface area contributed by atoms with E-state index in [-0.39, 0.29) is 0 Å². The van der Waals surface area contributed by atoms with Crippen LogP contribution in [0.3, 0.4) is 0 Å². The topological polar surface area (TPSA) is 9.23 Å². The fourth-order valence-electron chi connectivity index (χ4n) is 6.70. The van der Waals surface area contributed by atoms with Crippen LogP contribution in [0.2, 0.25) is 0 Å². The lowest BCUT2D eigenvalue weighted by atomic mass is 9.91. The van der Waals surface area contributed by atoms with Crippen LogP contribution >= 0.6 is 22.7 Å². The normalized spacial score (nSPS) is 13.6. The van der Waals surface area contributed by atoms with Crippen molar-refractivity contribution in [3.63, 3.8) is 0 Å². The molecule has 3 heteroatoms. The molecule has 0 N–H and O–H groups in total. The highest BCUT2D eigenvalue weighted by Gasteiger charge is 2.17. The summed E-state index contributed by atoms with van der Waals surface area (Å²) in [7, 11) is 0. The Balaban J connectivity index is 1.32. The van der Waals surface area contributed by atoms with Gasteiger partial charge in [0.05, 0.1) is 16.0 Å². The second-order valence-electron chi connectivity index (χ2n) is 12.4. The average Bonchev–Trinajstić information content (AvgIpc) is 3.57. The molecule has 0 spiro atoms. The SMILES string of the molecule is CCCCC(CC)CCc1ccc2c(ccc3sc4c(sc5ccc6cc(OCC(CC)CCCC)ccc6c54)c32)c1. The second-order valence-corrected chi connectivity index (χ2v) is 14.5. The first-order valence-electron chi connectivity index (χ1n) is 16.5. The molecule has 2 aromatic heterocycles. The summed E-state index contributed by atoms with van der Waals surface area (Å²) in [5.41, 5.74) is 1.49. The number of hydrogen-bond donors (Lipinski definition) is 0. The Morgan fingerprint density at radius 3 is 1.83 bits per heavy atom. The molecular formula is C39H46OS2. The zero-order valence-corrected chi connectivity index (χ0v) is 27.6. The van der Waals surface area contributed by atoms with Crippen molar-refractivity contribution in [1.82, 2.24) is 0 Å². The molecule has 0 saturated heterocycles. The highest BCUT2D eigenvalue weighted by atomic mass is 32.1. The van der Waals surface area contributed by atoms with Crippen molar-refractivity contribution >= 4 is 73.8 Å². The summed E-state index contributed by atoms with van der Waals surface area (Å²) in [6.07, 6.45) is 12.8. The largest absolute Gasteiger partial charge is 0.493 e. The first-order chi connectivity index (χ1) is 20.6. The Labute approximate surface area is 259 Å². The fraction of sp³-hybridized carbons (Fsp3) is 0.436. The second kappa shape index (κ2) is 13.3. The van der Waals surface area contributed by atoms with Gasteiger partial charge in [-0.1, -0.05) is 103 Å². The Kier molecular flexibility index (Phi) is 9.36. The van der Waals surface area contributed by atoms with Gasteiger partial charge in [0.2, 0.25) is 0 Å². The molecule has 2 heterocycles. The van der Waals surface area contributed by atoms with Gasteiger partial charge >= 0.3 is 0 Å². The first kappa shape index (κ1) is 29.5. The zero-order chi connectivity index (χ0) is 29.1. The van der Waals surface area contributed by atoms with E-state index in [1.54, 1.807) is 0 Å². The predicted octanol–water partition coefficient (Wildman–Crippen LogP) is 13.3. The predicted molar refractivity (Wildman–Crippen MR) is 190 cm³/mol. The van der Waals surface area contributed by atoms with Crippen LogP contribution in [0.5, 0.6) is 5.75 Å². The van der Waals surface area contributed by atoms with Crippen LogP contribution < -0.4 is 4.74 Å². The minimum Gasteiger partial charge on any atom is -0.493 e. The molecule has 0 saturated carbocycles. The number of thiophene rings is 2. The van der Waals surface area contributed by atoms with Gasteiger partial charge in [0.25, 0.3) is 0 Å². The maximum Gasteiger partial charge on any atom is 0.119 e. The van der Waals surface area contributed by atoms with Gasteiger partial charge in [-0.25, -0.2) is 0 Å². The third-order valence-corrected chi connectivity index (χ3v) is 12.0. The van der Waals surface area contributed by atoms with Crippen molar-refractivity contribution < 1.29 is 4.74 Å². The van der Waals surface area contributed by atoms with Gasteiger partial charge in [-0.2, -0.15) is 0 Å². The molecule has 4 aromatic carbocycles.